The van der Waals surface area contributed by atoms with Gasteiger partial charge in [0.1, 0.15) is 6.04 Å². The zero-order valence-corrected chi connectivity index (χ0v) is 18.7. The monoisotopic (exact) mass is 450 g/mol. The third-order valence-corrected chi connectivity index (χ3v) is 6.59. The Kier molecular flexibility index (Phi) is 7.75. The quantitative estimate of drug-likeness (QED) is 0.586. The van der Waals surface area contributed by atoms with Crippen LogP contribution < -0.4 is 10.2 Å². The van der Waals surface area contributed by atoms with E-state index in [1.807, 2.05) is 42.7 Å². The number of amides is 1. The molecule has 0 spiro atoms. The van der Waals surface area contributed by atoms with Crippen molar-refractivity contribution in [2.45, 2.75) is 28.7 Å². The van der Waals surface area contributed by atoms with Gasteiger partial charge in [-0.05, 0) is 48.8 Å². The summed E-state index contributed by atoms with van der Waals surface area (Å²) in [5.74, 6) is 0.174. The van der Waals surface area contributed by atoms with E-state index in [0.717, 1.165) is 26.9 Å². The van der Waals surface area contributed by atoms with E-state index >= 15 is 0 Å². The third kappa shape index (κ3) is 5.41. The molecule has 29 heavy (non-hydrogen) atoms. The Morgan fingerprint density at radius 1 is 1.21 bits per heavy atom. The average Bonchev–Trinajstić information content (AvgIpc) is 2.73. The molecular formula is C21H23ClN2O3S2. The van der Waals surface area contributed by atoms with Crippen LogP contribution in [0.15, 0.2) is 52.3 Å². The maximum Gasteiger partial charge on any atom is 0.328 e. The summed E-state index contributed by atoms with van der Waals surface area (Å²) in [5.41, 5.74) is 2.04. The maximum absolute atomic E-state index is 12.6. The Morgan fingerprint density at radius 2 is 1.97 bits per heavy atom. The Bertz CT molecular complexity index is 894. The normalized spacial score (nSPS) is 13.3. The number of carbonyl (C=O) groups excluding carboxylic acids is 2. The van der Waals surface area contributed by atoms with Gasteiger partial charge in [-0.3, -0.25) is 4.79 Å². The lowest BCUT2D eigenvalue weighted by atomic mass is 10.2. The first kappa shape index (κ1) is 21.9. The molecule has 3 rings (SSSR count). The van der Waals surface area contributed by atoms with Gasteiger partial charge in [0.25, 0.3) is 0 Å². The van der Waals surface area contributed by atoms with Gasteiger partial charge in [0.15, 0.2) is 0 Å². The number of fused-ring (bicyclic) bond motifs is 2. The third-order valence-electron chi connectivity index (χ3n) is 4.58. The molecule has 0 aliphatic carbocycles. The van der Waals surface area contributed by atoms with Crippen molar-refractivity contribution in [2.75, 3.05) is 30.6 Å². The summed E-state index contributed by atoms with van der Waals surface area (Å²) in [4.78, 5) is 28.9. The molecule has 8 heteroatoms. The van der Waals surface area contributed by atoms with Crippen LogP contribution in [-0.4, -0.2) is 43.6 Å². The minimum atomic E-state index is -0.620. The molecule has 154 valence electrons. The number of anilines is 2. The zero-order chi connectivity index (χ0) is 20.8. The molecule has 1 heterocycles. The predicted molar refractivity (Wildman–Crippen MR) is 121 cm³/mol. The van der Waals surface area contributed by atoms with Crippen molar-refractivity contribution in [3.8, 4) is 0 Å². The number of nitrogens with zero attached hydrogens (tertiary/aromatic N) is 1. The second-order valence-electron chi connectivity index (χ2n) is 6.51. The van der Waals surface area contributed by atoms with Crippen LogP contribution in [0.4, 0.5) is 11.4 Å². The molecule has 1 atom stereocenters. The molecule has 0 aromatic heterocycles. The first-order chi connectivity index (χ1) is 14.0. The fourth-order valence-electron chi connectivity index (χ4n) is 3.15. The minimum absolute atomic E-state index is 0.180. The standard InChI is InChI=1S/C21H23ClN2O3S2/c1-27-21(26)15(10-12-28-2)23-20(25)9-11-24-16-5-3-4-6-18(16)29-19-8-7-14(22)13-17(19)24/h3-8,13,15H,9-12H2,1-2H3,(H,23,25)/t15-/m0/s1. The molecule has 0 saturated carbocycles. The summed E-state index contributed by atoms with van der Waals surface area (Å²) < 4.78 is 4.82. The minimum Gasteiger partial charge on any atom is -0.467 e. The molecule has 2 aromatic carbocycles. The summed E-state index contributed by atoms with van der Waals surface area (Å²) in [6.45, 7) is 0.479. The van der Waals surface area contributed by atoms with E-state index in [0.29, 0.717) is 18.0 Å². The SMILES string of the molecule is COC(=O)[C@H](CCSC)NC(=O)CCN1c2ccccc2Sc2ccc(Cl)cc21. The molecule has 1 N–H and O–H groups in total. The molecule has 0 unspecified atom stereocenters. The van der Waals surface area contributed by atoms with Crippen LogP contribution in [0.1, 0.15) is 12.8 Å². The van der Waals surface area contributed by atoms with E-state index in [4.69, 9.17) is 16.3 Å². The lowest BCUT2D eigenvalue weighted by molar-refractivity contribution is -0.145. The number of hydrogen-bond donors (Lipinski definition) is 1. The molecule has 5 nitrogen and oxygen atoms in total. The van der Waals surface area contributed by atoms with Crippen LogP contribution in [0.2, 0.25) is 5.02 Å². The van der Waals surface area contributed by atoms with E-state index in [-0.39, 0.29) is 12.3 Å². The van der Waals surface area contributed by atoms with Gasteiger partial charge in [0, 0.05) is 27.8 Å². The Balaban J connectivity index is 1.74. The Labute approximate surface area is 184 Å². The number of carbonyl (C=O) groups is 2. The van der Waals surface area contributed by atoms with E-state index in [9.17, 15) is 9.59 Å². The number of halogens is 1. The van der Waals surface area contributed by atoms with Gasteiger partial charge in [0.2, 0.25) is 5.91 Å². The molecule has 1 aliphatic heterocycles. The van der Waals surface area contributed by atoms with Crippen LogP contribution >= 0.6 is 35.1 Å². The van der Waals surface area contributed by atoms with E-state index < -0.39 is 12.0 Å². The number of nitrogens with one attached hydrogen (secondary N) is 1. The first-order valence-corrected chi connectivity index (χ1v) is 11.8. The van der Waals surface area contributed by atoms with Crippen LogP contribution in [0.3, 0.4) is 0 Å². The number of para-hydroxylation sites is 1. The number of esters is 1. The molecule has 0 bridgehead atoms. The molecule has 0 fully saturated rings. The second kappa shape index (κ2) is 10.3. The van der Waals surface area contributed by atoms with Crippen molar-refractivity contribution in [1.29, 1.82) is 0 Å². The van der Waals surface area contributed by atoms with Crippen LogP contribution in [0.25, 0.3) is 0 Å². The van der Waals surface area contributed by atoms with Gasteiger partial charge in [-0.15, -0.1) is 0 Å². The van der Waals surface area contributed by atoms with Crippen molar-refractivity contribution in [1.82, 2.24) is 5.32 Å². The fourth-order valence-corrected chi connectivity index (χ4v) is 4.86. The van der Waals surface area contributed by atoms with E-state index in [1.54, 1.807) is 23.5 Å². The van der Waals surface area contributed by atoms with Gasteiger partial charge < -0.3 is 15.0 Å². The van der Waals surface area contributed by atoms with Crippen molar-refractivity contribution in [2.24, 2.45) is 0 Å². The topological polar surface area (TPSA) is 58.6 Å². The number of benzene rings is 2. The number of thioether (sulfide) groups is 1. The molecule has 1 amide bonds. The largest absolute Gasteiger partial charge is 0.467 e. The lowest BCUT2D eigenvalue weighted by Crippen LogP contribution is -2.42. The van der Waals surface area contributed by atoms with Crippen molar-refractivity contribution < 1.29 is 14.3 Å². The summed E-state index contributed by atoms with van der Waals surface area (Å²) in [6.07, 6.45) is 2.75. The fraction of sp³-hybridized carbons (Fsp3) is 0.333. The van der Waals surface area contributed by atoms with Gasteiger partial charge in [-0.1, -0.05) is 35.5 Å². The van der Waals surface area contributed by atoms with Crippen molar-refractivity contribution in [3.05, 3.63) is 47.5 Å². The highest BCUT2D eigenvalue weighted by molar-refractivity contribution is 7.99. The summed E-state index contributed by atoms with van der Waals surface area (Å²) in [6, 6.07) is 13.3. The Morgan fingerprint density at radius 3 is 2.72 bits per heavy atom. The molecule has 2 aromatic rings. The highest BCUT2D eigenvalue weighted by Gasteiger charge is 2.25. The first-order valence-electron chi connectivity index (χ1n) is 9.23. The van der Waals surface area contributed by atoms with Crippen LogP contribution in [-0.2, 0) is 14.3 Å². The highest BCUT2D eigenvalue weighted by atomic mass is 35.5. The van der Waals surface area contributed by atoms with Crippen LogP contribution in [0.5, 0.6) is 0 Å². The number of rotatable bonds is 8. The molecule has 0 radical (unpaired) electrons. The van der Waals surface area contributed by atoms with Gasteiger partial charge in [-0.2, -0.15) is 11.8 Å². The van der Waals surface area contributed by atoms with Gasteiger partial charge in [-0.25, -0.2) is 4.79 Å². The smallest absolute Gasteiger partial charge is 0.328 e. The molecular weight excluding hydrogens is 428 g/mol. The molecule has 0 saturated heterocycles. The second-order valence-corrected chi connectivity index (χ2v) is 9.01. The Hall–Kier alpha value is -1.83. The van der Waals surface area contributed by atoms with Crippen molar-refractivity contribution >= 4 is 58.4 Å². The van der Waals surface area contributed by atoms with Crippen molar-refractivity contribution in [3.63, 3.8) is 0 Å². The zero-order valence-electron chi connectivity index (χ0n) is 16.3. The molecule has 1 aliphatic rings. The number of hydrogen-bond acceptors (Lipinski definition) is 6. The summed E-state index contributed by atoms with van der Waals surface area (Å²) in [5, 5.41) is 3.47. The van der Waals surface area contributed by atoms with E-state index in [2.05, 4.69) is 16.3 Å². The maximum atomic E-state index is 12.6. The van der Waals surface area contributed by atoms with Gasteiger partial charge >= 0.3 is 5.97 Å². The summed E-state index contributed by atoms with van der Waals surface area (Å²) >= 11 is 9.55. The number of ether oxygens (including phenoxy) is 1. The van der Waals surface area contributed by atoms with E-state index in [1.165, 1.54) is 7.11 Å². The predicted octanol–water partition coefficient (Wildman–Crippen LogP) is 4.74. The highest BCUT2D eigenvalue weighted by Crippen LogP contribution is 2.48. The van der Waals surface area contributed by atoms with Crippen LogP contribution in [0, 0.1) is 0 Å². The average molecular weight is 451 g/mol. The number of methoxy groups -OCH3 is 1. The summed E-state index contributed by atoms with van der Waals surface area (Å²) in [7, 11) is 1.34. The lowest BCUT2D eigenvalue weighted by Gasteiger charge is -2.33. The van der Waals surface area contributed by atoms with Gasteiger partial charge in [0.05, 0.1) is 18.5 Å².